The molecule has 0 aliphatic heterocycles. The summed E-state index contributed by atoms with van der Waals surface area (Å²) >= 11 is 0. The van der Waals surface area contributed by atoms with Gasteiger partial charge in [-0.3, -0.25) is 0 Å². The van der Waals surface area contributed by atoms with Crippen molar-refractivity contribution in [3.63, 3.8) is 0 Å². The van der Waals surface area contributed by atoms with Gasteiger partial charge in [0.15, 0.2) is 17.4 Å². The Bertz CT molecular complexity index is 785. The van der Waals surface area contributed by atoms with Gasteiger partial charge < -0.3 is 4.74 Å². The van der Waals surface area contributed by atoms with Crippen LogP contribution in [-0.4, -0.2) is 6.61 Å². The summed E-state index contributed by atoms with van der Waals surface area (Å²) in [4.78, 5) is 0. The normalized spacial score (nSPS) is 32.5. The van der Waals surface area contributed by atoms with Gasteiger partial charge in [-0.05, 0) is 124 Å². The summed E-state index contributed by atoms with van der Waals surface area (Å²) in [5.74, 6) is 3.20. The lowest BCUT2D eigenvalue weighted by molar-refractivity contribution is 0.0712. The predicted molar refractivity (Wildman–Crippen MR) is 132 cm³/mol. The zero-order valence-electron chi connectivity index (χ0n) is 20.4. The molecule has 0 saturated heterocycles. The molecule has 182 valence electrons. The molecular weight excluding hydrogens is 414 g/mol. The van der Waals surface area contributed by atoms with E-state index in [2.05, 4.69) is 12.7 Å². The second kappa shape index (κ2) is 11.7. The fraction of sp³-hybridized carbons (Fsp3) is 0.667. The molecule has 1 nitrogen and oxygen atoms in total. The summed E-state index contributed by atoms with van der Waals surface area (Å²) in [7, 11) is 0. The summed E-state index contributed by atoms with van der Waals surface area (Å²) in [5, 5.41) is 0. The molecule has 1 aromatic rings. The first-order valence-corrected chi connectivity index (χ1v) is 13.4. The molecule has 3 aliphatic rings. The SMILES string of the molecule is C=CCCC1CCC(C2CCC3CC(c4cc(F)c(OC/C=C/C)c(F)c4)CCC3C2)CC1. The summed E-state index contributed by atoms with van der Waals surface area (Å²) in [6.45, 7) is 5.93. The standard InChI is InChI=1S/C30H42F2O/c1-3-5-7-21-8-10-22(11-9-21)23-12-13-25-18-26(15-14-24(25)17-23)27-19-28(31)30(29(32)20-27)33-16-6-4-2/h3-4,6,19-26H,1,5,7-18H2,2H3/b6-4+. The van der Waals surface area contributed by atoms with Crippen LogP contribution in [0, 0.1) is 41.2 Å². The van der Waals surface area contributed by atoms with Crippen molar-refractivity contribution in [3.05, 3.63) is 54.1 Å². The molecule has 4 atom stereocenters. The lowest BCUT2D eigenvalue weighted by atomic mass is 9.60. The van der Waals surface area contributed by atoms with E-state index in [0.29, 0.717) is 0 Å². The summed E-state index contributed by atoms with van der Waals surface area (Å²) in [6, 6.07) is 3.05. The molecule has 1 aromatic carbocycles. The highest BCUT2D eigenvalue weighted by molar-refractivity contribution is 5.33. The lowest BCUT2D eigenvalue weighted by Gasteiger charge is -2.45. The quantitative estimate of drug-likeness (QED) is 0.355. The van der Waals surface area contributed by atoms with Crippen LogP contribution in [0.25, 0.3) is 0 Å². The Balaban J connectivity index is 1.30. The minimum Gasteiger partial charge on any atom is -0.483 e. The van der Waals surface area contributed by atoms with Crippen molar-refractivity contribution in [3.8, 4) is 5.75 Å². The van der Waals surface area contributed by atoms with Crippen molar-refractivity contribution >= 4 is 0 Å². The Morgan fingerprint density at radius 1 is 0.879 bits per heavy atom. The van der Waals surface area contributed by atoms with E-state index in [1.165, 1.54) is 76.3 Å². The van der Waals surface area contributed by atoms with Crippen molar-refractivity contribution in [2.24, 2.45) is 29.6 Å². The number of ether oxygens (including phenoxy) is 1. The zero-order chi connectivity index (χ0) is 23.2. The van der Waals surface area contributed by atoms with Gasteiger partial charge in [0.25, 0.3) is 0 Å². The van der Waals surface area contributed by atoms with Gasteiger partial charge in [-0.25, -0.2) is 8.78 Å². The van der Waals surface area contributed by atoms with Crippen LogP contribution in [0.4, 0.5) is 8.78 Å². The zero-order valence-corrected chi connectivity index (χ0v) is 20.4. The molecule has 0 bridgehead atoms. The molecule has 0 aromatic heterocycles. The Morgan fingerprint density at radius 2 is 1.48 bits per heavy atom. The third-order valence-corrected chi connectivity index (χ3v) is 9.04. The second-order valence-electron chi connectivity index (χ2n) is 10.9. The molecule has 3 saturated carbocycles. The van der Waals surface area contributed by atoms with Gasteiger partial charge >= 0.3 is 0 Å². The molecule has 3 fully saturated rings. The van der Waals surface area contributed by atoms with Crippen LogP contribution >= 0.6 is 0 Å². The highest BCUT2D eigenvalue weighted by Gasteiger charge is 2.39. The summed E-state index contributed by atoms with van der Waals surface area (Å²) < 4.78 is 34.5. The first-order chi connectivity index (χ1) is 16.1. The summed E-state index contributed by atoms with van der Waals surface area (Å²) in [6.07, 6.45) is 21.2. The third-order valence-electron chi connectivity index (χ3n) is 9.04. The molecule has 4 unspecified atom stereocenters. The van der Waals surface area contributed by atoms with Gasteiger partial charge in [-0.15, -0.1) is 6.58 Å². The van der Waals surface area contributed by atoms with Gasteiger partial charge in [0.1, 0.15) is 6.61 Å². The van der Waals surface area contributed by atoms with Gasteiger partial charge in [0.2, 0.25) is 0 Å². The number of rotatable bonds is 8. The number of allylic oxidation sites excluding steroid dienone is 2. The Hall–Kier alpha value is -1.64. The molecule has 0 N–H and O–H groups in total. The number of hydrogen-bond acceptors (Lipinski definition) is 1. The minimum atomic E-state index is -0.566. The first-order valence-electron chi connectivity index (χ1n) is 13.4. The second-order valence-corrected chi connectivity index (χ2v) is 10.9. The van der Waals surface area contributed by atoms with Crippen molar-refractivity contribution in [1.82, 2.24) is 0 Å². The number of benzene rings is 1. The van der Waals surface area contributed by atoms with E-state index in [1.54, 1.807) is 6.08 Å². The summed E-state index contributed by atoms with van der Waals surface area (Å²) in [5.41, 5.74) is 0.821. The smallest absolute Gasteiger partial charge is 0.191 e. The molecule has 3 heteroatoms. The van der Waals surface area contributed by atoms with Crippen LogP contribution in [-0.2, 0) is 0 Å². The monoisotopic (exact) mass is 456 g/mol. The molecule has 0 heterocycles. The lowest BCUT2D eigenvalue weighted by Crippen LogP contribution is -2.34. The molecule has 0 amide bonds. The van der Waals surface area contributed by atoms with Crippen LogP contribution in [0.3, 0.4) is 0 Å². The maximum Gasteiger partial charge on any atom is 0.191 e. The Labute approximate surface area is 199 Å². The molecule has 0 spiro atoms. The number of hydrogen-bond donors (Lipinski definition) is 0. The van der Waals surface area contributed by atoms with Crippen molar-refractivity contribution in [2.75, 3.05) is 6.61 Å². The van der Waals surface area contributed by atoms with Crippen LogP contribution in [0.2, 0.25) is 0 Å². The fourth-order valence-corrected chi connectivity index (χ4v) is 7.14. The highest BCUT2D eigenvalue weighted by atomic mass is 19.1. The largest absolute Gasteiger partial charge is 0.483 e. The van der Waals surface area contributed by atoms with Crippen molar-refractivity contribution in [2.45, 2.75) is 89.9 Å². The van der Waals surface area contributed by atoms with Crippen LogP contribution in [0.1, 0.15) is 95.5 Å². The number of halogens is 2. The maximum atomic E-state index is 14.6. The van der Waals surface area contributed by atoms with E-state index in [4.69, 9.17) is 4.74 Å². The average molecular weight is 457 g/mol. The van der Waals surface area contributed by atoms with Crippen LogP contribution < -0.4 is 4.74 Å². The van der Waals surface area contributed by atoms with E-state index in [0.717, 1.165) is 48.0 Å². The highest BCUT2D eigenvalue weighted by Crippen LogP contribution is 2.51. The van der Waals surface area contributed by atoms with E-state index < -0.39 is 11.6 Å². The van der Waals surface area contributed by atoms with Crippen molar-refractivity contribution in [1.29, 1.82) is 0 Å². The van der Waals surface area contributed by atoms with Crippen LogP contribution in [0.15, 0.2) is 36.9 Å². The Kier molecular flexibility index (Phi) is 8.66. The third kappa shape index (κ3) is 6.08. The van der Waals surface area contributed by atoms with Gasteiger partial charge in [-0.1, -0.05) is 31.1 Å². The van der Waals surface area contributed by atoms with Crippen molar-refractivity contribution < 1.29 is 13.5 Å². The van der Waals surface area contributed by atoms with Crippen LogP contribution in [0.5, 0.6) is 5.75 Å². The fourth-order valence-electron chi connectivity index (χ4n) is 7.14. The molecule has 0 radical (unpaired) electrons. The van der Waals surface area contributed by atoms with E-state index in [-0.39, 0.29) is 18.3 Å². The van der Waals surface area contributed by atoms with Gasteiger partial charge in [-0.2, -0.15) is 0 Å². The first kappa shape index (κ1) is 24.5. The Morgan fingerprint density at radius 3 is 2.15 bits per heavy atom. The molecular formula is C30H42F2O. The molecule has 4 rings (SSSR count). The average Bonchev–Trinajstić information content (AvgIpc) is 2.84. The van der Waals surface area contributed by atoms with E-state index in [1.807, 2.05) is 13.0 Å². The molecule has 3 aliphatic carbocycles. The number of fused-ring (bicyclic) bond motifs is 1. The van der Waals surface area contributed by atoms with E-state index >= 15 is 0 Å². The van der Waals surface area contributed by atoms with E-state index in [9.17, 15) is 8.78 Å². The van der Waals surface area contributed by atoms with Gasteiger partial charge in [0.05, 0.1) is 0 Å². The predicted octanol–water partition coefficient (Wildman–Crippen LogP) is 8.99. The topological polar surface area (TPSA) is 9.23 Å². The molecule has 33 heavy (non-hydrogen) atoms. The maximum absolute atomic E-state index is 14.6. The van der Waals surface area contributed by atoms with Gasteiger partial charge in [0, 0.05) is 0 Å². The minimum absolute atomic E-state index is 0.189.